The third kappa shape index (κ3) is 5.49. The van der Waals surface area contributed by atoms with Crippen LogP contribution in [0.4, 0.5) is 8.78 Å². The zero-order chi connectivity index (χ0) is 19.9. The fraction of sp³-hybridized carbons (Fsp3) is 0.348. The minimum absolute atomic E-state index is 0.151. The molecule has 1 aliphatic heterocycles. The maximum Gasteiger partial charge on any atom is 0.305 e. The summed E-state index contributed by atoms with van der Waals surface area (Å²) < 4.78 is 31.4. The van der Waals surface area contributed by atoms with Crippen LogP contribution in [0.1, 0.15) is 30.4 Å². The average Bonchev–Trinajstić information content (AvgIpc) is 3.14. The topological polar surface area (TPSA) is 29.5 Å². The lowest BCUT2D eigenvalue weighted by Gasteiger charge is -2.15. The first-order valence-electron chi connectivity index (χ1n) is 9.56. The summed E-state index contributed by atoms with van der Waals surface area (Å²) in [4.78, 5) is 13.8. The highest BCUT2D eigenvalue weighted by Gasteiger charge is 2.24. The molecule has 1 saturated heterocycles. The molecule has 1 unspecified atom stereocenters. The van der Waals surface area contributed by atoms with Crippen LogP contribution in [0.25, 0.3) is 5.57 Å². The lowest BCUT2D eigenvalue weighted by molar-refractivity contribution is -0.141. The summed E-state index contributed by atoms with van der Waals surface area (Å²) in [6, 6.07) is 12.7. The second-order valence-corrected chi connectivity index (χ2v) is 7.16. The van der Waals surface area contributed by atoms with Crippen molar-refractivity contribution in [2.75, 3.05) is 26.7 Å². The molecule has 0 amide bonds. The van der Waals surface area contributed by atoms with Crippen molar-refractivity contribution in [3.8, 4) is 0 Å². The molecule has 1 fully saturated rings. The van der Waals surface area contributed by atoms with Crippen molar-refractivity contribution in [3.63, 3.8) is 0 Å². The predicted molar refractivity (Wildman–Crippen MR) is 106 cm³/mol. The highest BCUT2D eigenvalue weighted by Crippen LogP contribution is 2.25. The molecule has 0 N–H and O–H groups in total. The van der Waals surface area contributed by atoms with Crippen LogP contribution in [0, 0.1) is 17.6 Å². The van der Waals surface area contributed by atoms with E-state index < -0.39 is 0 Å². The number of carbonyl (C=O) groups is 1. The van der Waals surface area contributed by atoms with Gasteiger partial charge >= 0.3 is 5.97 Å². The Hall–Kier alpha value is -2.53. The van der Waals surface area contributed by atoms with Crippen molar-refractivity contribution in [1.82, 2.24) is 4.90 Å². The Balaban J connectivity index is 1.67. The normalized spacial score (nSPS) is 16.8. The second kappa shape index (κ2) is 9.60. The fourth-order valence-electron chi connectivity index (χ4n) is 3.65. The van der Waals surface area contributed by atoms with Crippen molar-refractivity contribution >= 4 is 11.5 Å². The van der Waals surface area contributed by atoms with Crippen LogP contribution in [0.2, 0.25) is 0 Å². The van der Waals surface area contributed by atoms with Gasteiger partial charge in [-0.3, -0.25) is 4.79 Å². The molecule has 5 heteroatoms. The molecule has 3 nitrogen and oxygen atoms in total. The van der Waals surface area contributed by atoms with E-state index in [1.807, 2.05) is 0 Å². The van der Waals surface area contributed by atoms with Crippen molar-refractivity contribution in [2.45, 2.75) is 19.3 Å². The predicted octanol–water partition coefficient (Wildman–Crippen LogP) is 4.67. The van der Waals surface area contributed by atoms with E-state index in [4.69, 9.17) is 4.74 Å². The standard InChI is InChI=1S/C23H25F2NO2/c1-28-23(27)15-17-12-14-26(16-17)13-2-3-22(18-4-8-20(24)9-5-18)19-6-10-21(25)11-7-19/h3-11,17H,2,12-16H2,1H3. The van der Waals surface area contributed by atoms with Gasteiger partial charge in [0.25, 0.3) is 0 Å². The van der Waals surface area contributed by atoms with Crippen LogP contribution in [-0.4, -0.2) is 37.6 Å². The highest BCUT2D eigenvalue weighted by molar-refractivity contribution is 5.79. The number of likely N-dealkylation sites (tertiary alicyclic amines) is 1. The van der Waals surface area contributed by atoms with E-state index >= 15 is 0 Å². The van der Waals surface area contributed by atoms with Crippen molar-refractivity contribution in [1.29, 1.82) is 0 Å². The number of hydrogen-bond donors (Lipinski definition) is 0. The number of esters is 1. The van der Waals surface area contributed by atoms with Gasteiger partial charge in [0.1, 0.15) is 11.6 Å². The number of ether oxygens (including phenoxy) is 1. The maximum absolute atomic E-state index is 13.3. The van der Waals surface area contributed by atoms with Gasteiger partial charge in [-0.2, -0.15) is 0 Å². The summed E-state index contributed by atoms with van der Waals surface area (Å²) in [5, 5.41) is 0. The molecule has 0 bridgehead atoms. The summed E-state index contributed by atoms with van der Waals surface area (Å²) in [6.07, 6.45) is 4.41. The summed E-state index contributed by atoms with van der Waals surface area (Å²) in [7, 11) is 1.42. The molecule has 28 heavy (non-hydrogen) atoms. The minimum atomic E-state index is -0.282. The Morgan fingerprint density at radius 1 is 1.07 bits per heavy atom. The van der Waals surface area contributed by atoms with E-state index in [9.17, 15) is 13.6 Å². The van der Waals surface area contributed by atoms with Gasteiger partial charge in [-0.25, -0.2) is 8.78 Å². The number of benzene rings is 2. The van der Waals surface area contributed by atoms with Gasteiger partial charge in [-0.1, -0.05) is 30.3 Å². The monoisotopic (exact) mass is 385 g/mol. The Kier molecular flexibility index (Phi) is 6.93. The molecule has 148 valence electrons. The molecule has 0 aromatic heterocycles. The maximum atomic E-state index is 13.3. The molecule has 1 atom stereocenters. The van der Waals surface area contributed by atoms with Crippen LogP contribution < -0.4 is 0 Å². The van der Waals surface area contributed by atoms with Crippen LogP contribution in [0.5, 0.6) is 0 Å². The van der Waals surface area contributed by atoms with Crippen molar-refractivity contribution < 1.29 is 18.3 Å². The van der Waals surface area contributed by atoms with E-state index in [0.717, 1.165) is 49.2 Å². The molecule has 0 radical (unpaired) electrons. The largest absolute Gasteiger partial charge is 0.469 e. The highest BCUT2D eigenvalue weighted by atomic mass is 19.1. The van der Waals surface area contributed by atoms with E-state index in [2.05, 4.69) is 11.0 Å². The quantitative estimate of drug-likeness (QED) is 0.649. The van der Waals surface area contributed by atoms with Gasteiger partial charge in [0.2, 0.25) is 0 Å². The average molecular weight is 385 g/mol. The number of methoxy groups -OCH3 is 1. The third-order valence-corrected chi connectivity index (χ3v) is 5.16. The number of nitrogens with zero attached hydrogens (tertiary/aromatic N) is 1. The Morgan fingerprint density at radius 2 is 1.64 bits per heavy atom. The molecule has 3 rings (SSSR count). The van der Waals surface area contributed by atoms with Gasteiger partial charge in [-0.15, -0.1) is 0 Å². The fourth-order valence-corrected chi connectivity index (χ4v) is 3.65. The Morgan fingerprint density at radius 3 is 2.18 bits per heavy atom. The third-order valence-electron chi connectivity index (χ3n) is 5.16. The molecule has 0 aliphatic carbocycles. The van der Waals surface area contributed by atoms with Crippen LogP contribution >= 0.6 is 0 Å². The van der Waals surface area contributed by atoms with E-state index in [1.54, 1.807) is 24.3 Å². The number of carbonyl (C=O) groups excluding carboxylic acids is 1. The smallest absolute Gasteiger partial charge is 0.305 e. The van der Waals surface area contributed by atoms with Gasteiger partial charge in [0.15, 0.2) is 0 Å². The zero-order valence-electron chi connectivity index (χ0n) is 16.0. The number of rotatable bonds is 7. The molecule has 2 aromatic carbocycles. The Labute approximate surface area is 164 Å². The van der Waals surface area contributed by atoms with Gasteiger partial charge < -0.3 is 9.64 Å². The molecule has 0 saturated carbocycles. The van der Waals surface area contributed by atoms with E-state index in [-0.39, 0.29) is 17.6 Å². The van der Waals surface area contributed by atoms with E-state index in [1.165, 1.54) is 31.4 Å². The van der Waals surface area contributed by atoms with Crippen molar-refractivity contribution in [2.24, 2.45) is 5.92 Å². The summed E-state index contributed by atoms with van der Waals surface area (Å²) in [5.74, 6) is -0.362. The second-order valence-electron chi connectivity index (χ2n) is 7.16. The first kappa shape index (κ1) is 20.2. The number of halogens is 2. The molecular formula is C23H25F2NO2. The SMILES string of the molecule is COC(=O)CC1CCN(CCC=C(c2ccc(F)cc2)c2ccc(F)cc2)C1. The zero-order valence-corrected chi connectivity index (χ0v) is 16.0. The lowest BCUT2D eigenvalue weighted by Crippen LogP contribution is -2.22. The summed E-state index contributed by atoms with van der Waals surface area (Å²) in [6.45, 7) is 2.74. The molecule has 1 heterocycles. The van der Waals surface area contributed by atoms with Gasteiger partial charge in [0, 0.05) is 19.5 Å². The van der Waals surface area contributed by atoms with E-state index in [0.29, 0.717) is 12.3 Å². The molecule has 1 aliphatic rings. The summed E-state index contributed by atoms with van der Waals surface area (Å²) >= 11 is 0. The van der Waals surface area contributed by atoms with Crippen molar-refractivity contribution in [3.05, 3.63) is 77.4 Å². The number of hydrogen-bond acceptors (Lipinski definition) is 3. The Bertz CT molecular complexity index is 768. The van der Waals surface area contributed by atoms with Crippen LogP contribution in [0.3, 0.4) is 0 Å². The van der Waals surface area contributed by atoms with Gasteiger partial charge in [-0.05, 0) is 66.3 Å². The lowest BCUT2D eigenvalue weighted by atomic mass is 9.97. The first-order valence-corrected chi connectivity index (χ1v) is 9.56. The van der Waals surface area contributed by atoms with Crippen LogP contribution in [0.15, 0.2) is 54.6 Å². The molecule has 2 aromatic rings. The summed E-state index contributed by atoms with van der Waals surface area (Å²) in [5.41, 5.74) is 2.77. The molecule has 0 spiro atoms. The first-order chi connectivity index (χ1) is 13.5. The molecular weight excluding hydrogens is 360 g/mol. The minimum Gasteiger partial charge on any atom is -0.469 e. The van der Waals surface area contributed by atoms with Gasteiger partial charge in [0.05, 0.1) is 7.11 Å². The van der Waals surface area contributed by atoms with Crippen LogP contribution in [-0.2, 0) is 9.53 Å².